The van der Waals surface area contributed by atoms with Gasteiger partial charge in [0.1, 0.15) is 5.76 Å². The Balaban J connectivity index is 2.19. The van der Waals surface area contributed by atoms with Gasteiger partial charge in [-0.2, -0.15) is 0 Å². The van der Waals surface area contributed by atoms with Gasteiger partial charge in [0.15, 0.2) is 0 Å². The molecule has 3 N–H and O–H groups in total. The Bertz CT molecular complexity index is 709. The molecule has 18 heavy (non-hydrogen) atoms. The van der Waals surface area contributed by atoms with E-state index in [2.05, 4.69) is 35.1 Å². The molecular formula is C14H15N3O. The Morgan fingerprint density at radius 2 is 2.17 bits per heavy atom. The molecule has 3 rings (SSSR count). The lowest BCUT2D eigenvalue weighted by Crippen LogP contribution is -1.95. The summed E-state index contributed by atoms with van der Waals surface area (Å²) in [5.41, 5.74) is 9.76. The molecule has 2 aromatic heterocycles. The predicted octanol–water partition coefficient (Wildman–Crippen LogP) is 2.90. The summed E-state index contributed by atoms with van der Waals surface area (Å²) < 4.78 is 5.69. The molecule has 4 nitrogen and oxygen atoms in total. The van der Waals surface area contributed by atoms with Crippen molar-refractivity contribution in [1.82, 2.24) is 9.97 Å². The molecule has 2 heterocycles. The van der Waals surface area contributed by atoms with Crippen LogP contribution in [0.2, 0.25) is 0 Å². The molecule has 0 radical (unpaired) electrons. The summed E-state index contributed by atoms with van der Waals surface area (Å²) >= 11 is 0. The number of H-pyrrole nitrogens is 1. The normalized spacial score (nSPS) is 11.3. The highest BCUT2D eigenvalue weighted by Gasteiger charge is 2.14. The van der Waals surface area contributed by atoms with Crippen LogP contribution in [0.4, 0.5) is 0 Å². The van der Waals surface area contributed by atoms with Gasteiger partial charge in [0.25, 0.3) is 0 Å². The Labute approximate surface area is 105 Å². The average molecular weight is 241 g/mol. The minimum absolute atomic E-state index is 0.375. The molecule has 1 aromatic carbocycles. The van der Waals surface area contributed by atoms with Crippen molar-refractivity contribution in [3.63, 3.8) is 0 Å². The highest BCUT2D eigenvalue weighted by Crippen LogP contribution is 2.29. The summed E-state index contributed by atoms with van der Waals surface area (Å²) in [6.07, 6.45) is 1.93. The van der Waals surface area contributed by atoms with Gasteiger partial charge in [0, 0.05) is 17.1 Å². The number of aromatic nitrogens is 2. The molecule has 0 saturated heterocycles. The predicted molar refractivity (Wildman–Crippen MR) is 71.2 cm³/mol. The smallest absolute Gasteiger partial charge is 0.228 e. The number of nitrogens with two attached hydrogens (primary N) is 1. The largest absolute Gasteiger partial charge is 0.439 e. The van der Waals surface area contributed by atoms with Crippen molar-refractivity contribution >= 4 is 10.9 Å². The average Bonchev–Trinajstić information content (AvgIpc) is 2.91. The lowest BCUT2D eigenvalue weighted by atomic mass is 10.1. The van der Waals surface area contributed by atoms with Crippen LogP contribution in [-0.4, -0.2) is 9.97 Å². The minimum Gasteiger partial charge on any atom is -0.439 e. The standard InChI is InChI=1S/C14H15N3O/c1-8-3-4-10-11(7-16-12(10)5-8)14-17-9(2)13(6-15)18-14/h3-5,7,16H,6,15H2,1-2H3. The third-order valence-corrected chi connectivity index (χ3v) is 3.15. The van der Waals surface area contributed by atoms with Crippen LogP contribution in [0.3, 0.4) is 0 Å². The van der Waals surface area contributed by atoms with Crippen molar-refractivity contribution in [2.45, 2.75) is 20.4 Å². The Hall–Kier alpha value is -2.07. The van der Waals surface area contributed by atoms with E-state index >= 15 is 0 Å². The number of benzene rings is 1. The molecule has 4 heteroatoms. The second-order valence-corrected chi connectivity index (χ2v) is 4.48. The van der Waals surface area contributed by atoms with E-state index in [1.165, 1.54) is 5.56 Å². The van der Waals surface area contributed by atoms with Gasteiger partial charge >= 0.3 is 0 Å². The molecule has 3 aromatic rings. The third kappa shape index (κ3) is 1.62. The van der Waals surface area contributed by atoms with Gasteiger partial charge in [-0.1, -0.05) is 12.1 Å². The third-order valence-electron chi connectivity index (χ3n) is 3.15. The van der Waals surface area contributed by atoms with Gasteiger partial charge in [-0.05, 0) is 25.5 Å². The second-order valence-electron chi connectivity index (χ2n) is 4.48. The van der Waals surface area contributed by atoms with E-state index in [0.717, 1.165) is 27.9 Å². The monoisotopic (exact) mass is 241 g/mol. The van der Waals surface area contributed by atoms with Gasteiger partial charge in [0.05, 0.1) is 17.8 Å². The molecule has 92 valence electrons. The number of oxazole rings is 1. The first kappa shape index (κ1) is 11.0. The van der Waals surface area contributed by atoms with Crippen molar-refractivity contribution in [2.24, 2.45) is 5.73 Å². The van der Waals surface area contributed by atoms with Crippen LogP contribution in [0.25, 0.3) is 22.4 Å². The minimum atomic E-state index is 0.375. The van der Waals surface area contributed by atoms with E-state index in [4.69, 9.17) is 10.2 Å². The Morgan fingerprint density at radius 1 is 1.33 bits per heavy atom. The van der Waals surface area contributed by atoms with Crippen LogP contribution in [0.1, 0.15) is 17.0 Å². The van der Waals surface area contributed by atoms with Gasteiger partial charge < -0.3 is 15.1 Å². The van der Waals surface area contributed by atoms with Gasteiger partial charge in [-0.25, -0.2) is 4.98 Å². The molecule has 0 aliphatic rings. The fourth-order valence-corrected chi connectivity index (χ4v) is 2.15. The summed E-state index contributed by atoms with van der Waals surface area (Å²) in [4.78, 5) is 7.67. The van der Waals surface area contributed by atoms with E-state index in [0.29, 0.717) is 12.4 Å². The summed E-state index contributed by atoms with van der Waals surface area (Å²) in [6.45, 7) is 4.36. The highest BCUT2D eigenvalue weighted by atomic mass is 16.4. The van der Waals surface area contributed by atoms with Gasteiger partial charge in [-0.15, -0.1) is 0 Å². The lowest BCUT2D eigenvalue weighted by Gasteiger charge is -1.95. The van der Waals surface area contributed by atoms with Crippen LogP contribution in [0, 0.1) is 13.8 Å². The number of aryl methyl sites for hydroxylation is 2. The number of nitrogens with zero attached hydrogens (tertiary/aromatic N) is 1. The first-order chi connectivity index (χ1) is 8.69. The zero-order chi connectivity index (χ0) is 12.7. The molecule has 0 amide bonds. The number of nitrogens with one attached hydrogen (secondary N) is 1. The van der Waals surface area contributed by atoms with Crippen molar-refractivity contribution in [3.05, 3.63) is 41.4 Å². The fourth-order valence-electron chi connectivity index (χ4n) is 2.15. The van der Waals surface area contributed by atoms with Crippen LogP contribution in [0.15, 0.2) is 28.8 Å². The first-order valence-electron chi connectivity index (χ1n) is 5.93. The zero-order valence-electron chi connectivity index (χ0n) is 10.4. The molecular weight excluding hydrogens is 226 g/mol. The SMILES string of the molecule is Cc1ccc2c(-c3nc(C)c(CN)o3)c[nH]c2c1. The topological polar surface area (TPSA) is 67.8 Å². The van der Waals surface area contributed by atoms with Crippen LogP contribution < -0.4 is 5.73 Å². The van der Waals surface area contributed by atoms with Crippen molar-refractivity contribution in [3.8, 4) is 11.5 Å². The first-order valence-corrected chi connectivity index (χ1v) is 5.93. The van der Waals surface area contributed by atoms with Crippen molar-refractivity contribution in [1.29, 1.82) is 0 Å². The molecule has 0 unspecified atom stereocenters. The van der Waals surface area contributed by atoms with Crippen LogP contribution in [0.5, 0.6) is 0 Å². The number of rotatable bonds is 2. The van der Waals surface area contributed by atoms with Crippen LogP contribution in [-0.2, 0) is 6.54 Å². The summed E-state index contributed by atoms with van der Waals surface area (Å²) in [6, 6.07) is 6.27. The van der Waals surface area contributed by atoms with Crippen molar-refractivity contribution in [2.75, 3.05) is 0 Å². The summed E-state index contributed by atoms with van der Waals surface area (Å²) in [5, 5.41) is 1.12. The maximum absolute atomic E-state index is 5.69. The number of aromatic amines is 1. The van der Waals surface area contributed by atoms with E-state index < -0.39 is 0 Å². The molecule has 0 bridgehead atoms. The Kier molecular flexibility index (Phi) is 2.45. The molecule has 0 spiro atoms. The second kappa shape index (κ2) is 3.99. The van der Waals surface area contributed by atoms with E-state index in [1.807, 2.05) is 13.1 Å². The molecule has 0 fully saturated rings. The van der Waals surface area contributed by atoms with Gasteiger partial charge in [0.2, 0.25) is 5.89 Å². The molecule has 0 aliphatic carbocycles. The number of fused-ring (bicyclic) bond motifs is 1. The molecule has 0 aliphatic heterocycles. The fraction of sp³-hybridized carbons (Fsp3) is 0.214. The van der Waals surface area contributed by atoms with Crippen molar-refractivity contribution < 1.29 is 4.42 Å². The number of hydrogen-bond acceptors (Lipinski definition) is 3. The quantitative estimate of drug-likeness (QED) is 0.724. The zero-order valence-corrected chi connectivity index (χ0v) is 10.4. The summed E-state index contributed by atoms with van der Waals surface area (Å²) in [7, 11) is 0. The lowest BCUT2D eigenvalue weighted by molar-refractivity contribution is 0.519. The molecule has 0 atom stereocenters. The number of hydrogen-bond donors (Lipinski definition) is 2. The van der Waals surface area contributed by atoms with E-state index in [1.54, 1.807) is 0 Å². The Morgan fingerprint density at radius 3 is 2.89 bits per heavy atom. The highest BCUT2D eigenvalue weighted by molar-refractivity contribution is 5.93. The van der Waals surface area contributed by atoms with Crippen LogP contribution >= 0.6 is 0 Å². The molecule has 0 saturated carbocycles. The maximum Gasteiger partial charge on any atom is 0.228 e. The van der Waals surface area contributed by atoms with E-state index in [-0.39, 0.29) is 0 Å². The maximum atomic E-state index is 5.69. The van der Waals surface area contributed by atoms with Gasteiger partial charge in [-0.3, -0.25) is 0 Å². The summed E-state index contributed by atoms with van der Waals surface area (Å²) in [5.74, 6) is 1.37. The van der Waals surface area contributed by atoms with E-state index in [9.17, 15) is 0 Å².